The molecule has 3 rings (SSSR count). The van der Waals surface area contributed by atoms with Gasteiger partial charge in [0.05, 0.1) is 0 Å². The van der Waals surface area contributed by atoms with Gasteiger partial charge in [-0.05, 0) is 67.0 Å². The van der Waals surface area contributed by atoms with Crippen LogP contribution in [0, 0.1) is 0 Å². The van der Waals surface area contributed by atoms with Gasteiger partial charge in [-0.2, -0.15) is 0 Å². The number of rotatable bonds is 3. The molecule has 0 radical (unpaired) electrons. The molecular formula is C22H32S. The monoisotopic (exact) mass is 328 g/mol. The van der Waals surface area contributed by atoms with Gasteiger partial charge in [0.2, 0.25) is 0 Å². The van der Waals surface area contributed by atoms with Gasteiger partial charge in [0.15, 0.2) is 0 Å². The highest BCUT2D eigenvalue weighted by Gasteiger charge is 2.18. The summed E-state index contributed by atoms with van der Waals surface area (Å²) in [5.74, 6) is 0.791. The SMILES string of the molecule is CC.CC.CC[C@@H]1CCCc2cc(Sc3ccccc3)ccc21. The van der Waals surface area contributed by atoms with Crippen LogP contribution in [0.3, 0.4) is 0 Å². The Morgan fingerprint density at radius 2 is 1.61 bits per heavy atom. The second-order valence-corrected chi connectivity index (χ2v) is 6.42. The van der Waals surface area contributed by atoms with Gasteiger partial charge in [-0.15, -0.1) is 0 Å². The Morgan fingerprint density at radius 3 is 2.26 bits per heavy atom. The molecule has 2 aromatic carbocycles. The highest BCUT2D eigenvalue weighted by molar-refractivity contribution is 7.99. The zero-order valence-corrected chi connectivity index (χ0v) is 16.2. The lowest BCUT2D eigenvalue weighted by atomic mass is 9.81. The van der Waals surface area contributed by atoms with Crippen LogP contribution in [0.5, 0.6) is 0 Å². The van der Waals surface area contributed by atoms with E-state index in [4.69, 9.17) is 0 Å². The topological polar surface area (TPSA) is 0 Å². The van der Waals surface area contributed by atoms with Crippen LogP contribution >= 0.6 is 11.8 Å². The van der Waals surface area contributed by atoms with E-state index in [-0.39, 0.29) is 0 Å². The molecule has 0 aromatic heterocycles. The first-order chi connectivity index (χ1) is 11.4. The average Bonchev–Trinajstić information content (AvgIpc) is 2.65. The summed E-state index contributed by atoms with van der Waals surface area (Å²) < 4.78 is 0. The van der Waals surface area contributed by atoms with E-state index in [2.05, 4.69) is 55.5 Å². The number of aryl methyl sites for hydroxylation is 1. The van der Waals surface area contributed by atoms with Gasteiger partial charge < -0.3 is 0 Å². The van der Waals surface area contributed by atoms with Crippen molar-refractivity contribution >= 4 is 11.8 Å². The van der Waals surface area contributed by atoms with Crippen LogP contribution in [0.1, 0.15) is 70.9 Å². The van der Waals surface area contributed by atoms with Gasteiger partial charge >= 0.3 is 0 Å². The minimum atomic E-state index is 0.791. The van der Waals surface area contributed by atoms with E-state index in [0.29, 0.717) is 0 Å². The molecule has 0 fully saturated rings. The van der Waals surface area contributed by atoms with Crippen molar-refractivity contribution < 1.29 is 0 Å². The van der Waals surface area contributed by atoms with E-state index in [1.807, 2.05) is 39.5 Å². The van der Waals surface area contributed by atoms with Crippen LogP contribution in [-0.4, -0.2) is 0 Å². The van der Waals surface area contributed by atoms with Crippen LogP contribution in [0.4, 0.5) is 0 Å². The molecular weight excluding hydrogens is 296 g/mol. The fourth-order valence-electron chi connectivity index (χ4n) is 3.00. The fourth-order valence-corrected chi connectivity index (χ4v) is 3.91. The van der Waals surface area contributed by atoms with Gasteiger partial charge in [0.1, 0.15) is 0 Å². The van der Waals surface area contributed by atoms with Gasteiger partial charge in [0, 0.05) is 9.79 Å². The molecule has 126 valence electrons. The molecule has 0 saturated carbocycles. The molecule has 0 saturated heterocycles. The molecule has 0 amide bonds. The number of hydrogen-bond acceptors (Lipinski definition) is 1. The lowest BCUT2D eigenvalue weighted by molar-refractivity contribution is 0.539. The zero-order chi connectivity index (χ0) is 17.1. The van der Waals surface area contributed by atoms with Crippen LogP contribution in [0.2, 0.25) is 0 Å². The summed E-state index contributed by atoms with van der Waals surface area (Å²) in [6.45, 7) is 10.3. The number of benzene rings is 2. The lowest BCUT2D eigenvalue weighted by Gasteiger charge is -2.25. The number of hydrogen-bond donors (Lipinski definition) is 0. The largest absolute Gasteiger partial charge is 0.0901 e. The summed E-state index contributed by atoms with van der Waals surface area (Å²) in [5, 5.41) is 0. The summed E-state index contributed by atoms with van der Waals surface area (Å²) in [4.78, 5) is 2.70. The predicted octanol–water partition coefficient (Wildman–Crippen LogP) is 7.72. The third kappa shape index (κ3) is 5.73. The molecule has 0 aliphatic heterocycles. The fraction of sp³-hybridized carbons (Fsp3) is 0.455. The Labute approximate surface area is 147 Å². The molecule has 1 heteroatoms. The normalized spacial score (nSPS) is 15.4. The molecule has 23 heavy (non-hydrogen) atoms. The van der Waals surface area contributed by atoms with Gasteiger partial charge in [0.25, 0.3) is 0 Å². The van der Waals surface area contributed by atoms with E-state index in [1.54, 1.807) is 11.1 Å². The first kappa shape index (κ1) is 19.8. The minimum Gasteiger partial charge on any atom is -0.0901 e. The van der Waals surface area contributed by atoms with Crippen molar-refractivity contribution in [2.75, 3.05) is 0 Å². The third-order valence-electron chi connectivity index (χ3n) is 4.02. The summed E-state index contributed by atoms with van der Waals surface area (Å²) in [5.41, 5.74) is 3.19. The Kier molecular flexibility index (Phi) is 9.78. The first-order valence-corrected chi connectivity index (χ1v) is 10.0. The molecule has 0 heterocycles. The Morgan fingerprint density at radius 1 is 0.913 bits per heavy atom. The van der Waals surface area contributed by atoms with E-state index >= 15 is 0 Å². The highest BCUT2D eigenvalue weighted by atomic mass is 32.2. The second-order valence-electron chi connectivity index (χ2n) is 5.27. The van der Waals surface area contributed by atoms with Gasteiger partial charge in [-0.25, -0.2) is 0 Å². The smallest absolute Gasteiger partial charge is 0.0125 e. The average molecular weight is 329 g/mol. The molecule has 0 spiro atoms. The highest BCUT2D eigenvalue weighted by Crippen LogP contribution is 2.37. The van der Waals surface area contributed by atoms with E-state index in [9.17, 15) is 0 Å². The molecule has 0 N–H and O–H groups in total. The molecule has 2 aromatic rings. The van der Waals surface area contributed by atoms with Crippen molar-refractivity contribution in [1.82, 2.24) is 0 Å². The van der Waals surface area contributed by atoms with Crippen LogP contribution in [0.15, 0.2) is 58.3 Å². The number of fused-ring (bicyclic) bond motifs is 1. The van der Waals surface area contributed by atoms with Gasteiger partial charge in [-0.3, -0.25) is 0 Å². The quantitative estimate of drug-likeness (QED) is 0.555. The molecule has 1 atom stereocenters. The zero-order valence-electron chi connectivity index (χ0n) is 15.4. The van der Waals surface area contributed by atoms with Crippen molar-refractivity contribution in [2.45, 2.75) is 76.0 Å². The third-order valence-corrected chi connectivity index (χ3v) is 5.02. The Hall–Kier alpha value is -1.21. The maximum absolute atomic E-state index is 2.41. The molecule has 0 nitrogen and oxygen atoms in total. The summed E-state index contributed by atoms with van der Waals surface area (Å²) in [7, 11) is 0. The second kappa shape index (κ2) is 11.3. The predicted molar refractivity (Wildman–Crippen MR) is 106 cm³/mol. The molecule has 1 aliphatic rings. The van der Waals surface area contributed by atoms with E-state index in [0.717, 1.165) is 5.92 Å². The van der Waals surface area contributed by atoms with Crippen molar-refractivity contribution in [3.8, 4) is 0 Å². The van der Waals surface area contributed by atoms with Crippen molar-refractivity contribution in [2.24, 2.45) is 0 Å². The van der Waals surface area contributed by atoms with Crippen molar-refractivity contribution in [3.05, 3.63) is 59.7 Å². The van der Waals surface area contributed by atoms with Crippen molar-refractivity contribution in [3.63, 3.8) is 0 Å². The molecule has 0 unspecified atom stereocenters. The summed E-state index contributed by atoms with van der Waals surface area (Å²) >= 11 is 1.87. The first-order valence-electron chi connectivity index (χ1n) is 9.22. The maximum atomic E-state index is 2.41. The Balaban J connectivity index is 0.000000615. The molecule has 1 aliphatic carbocycles. The Bertz CT molecular complexity index is 545. The lowest BCUT2D eigenvalue weighted by Crippen LogP contribution is -2.08. The summed E-state index contributed by atoms with van der Waals surface area (Å²) in [6, 6.07) is 17.7. The van der Waals surface area contributed by atoms with E-state index in [1.165, 1.54) is 35.5 Å². The molecule has 0 bridgehead atoms. The van der Waals surface area contributed by atoms with Crippen LogP contribution < -0.4 is 0 Å². The van der Waals surface area contributed by atoms with Crippen LogP contribution in [0.25, 0.3) is 0 Å². The van der Waals surface area contributed by atoms with Crippen molar-refractivity contribution in [1.29, 1.82) is 0 Å². The minimum absolute atomic E-state index is 0.791. The van der Waals surface area contributed by atoms with Gasteiger partial charge in [-0.1, -0.05) is 70.6 Å². The van der Waals surface area contributed by atoms with E-state index < -0.39 is 0 Å². The summed E-state index contributed by atoms with van der Waals surface area (Å²) in [6.07, 6.45) is 5.26. The maximum Gasteiger partial charge on any atom is 0.0125 e. The van der Waals surface area contributed by atoms with Crippen LogP contribution in [-0.2, 0) is 6.42 Å². The standard InChI is InChI=1S/C18H20S.2C2H6/c1-2-14-7-6-8-15-13-17(11-12-18(14)15)19-16-9-4-3-5-10-16;2*1-2/h3-5,9-14H,2,6-8H2,1H3;2*1-2H3/t14-;;/m1../s1.